The number of anilines is 2. The van der Waals surface area contributed by atoms with Gasteiger partial charge in [0.2, 0.25) is 11.8 Å². The summed E-state index contributed by atoms with van der Waals surface area (Å²) >= 11 is 0. The van der Waals surface area contributed by atoms with Crippen LogP contribution in [-0.2, 0) is 19.9 Å². The summed E-state index contributed by atoms with van der Waals surface area (Å²) in [7, 11) is 0. The molecule has 0 unspecified atom stereocenters. The molecule has 3 heterocycles. The van der Waals surface area contributed by atoms with Crippen molar-refractivity contribution >= 4 is 29.1 Å². The largest absolute Gasteiger partial charge is 0.306 e. The lowest BCUT2D eigenvalue weighted by atomic mass is 9.76. The summed E-state index contributed by atoms with van der Waals surface area (Å²) in [5.41, 5.74) is 0.841. The van der Waals surface area contributed by atoms with Gasteiger partial charge in [0.1, 0.15) is 5.54 Å². The highest BCUT2D eigenvalue weighted by atomic mass is 16.2. The third-order valence-electron chi connectivity index (χ3n) is 6.92. The van der Waals surface area contributed by atoms with Gasteiger partial charge in [-0.3, -0.25) is 19.7 Å². The van der Waals surface area contributed by atoms with Gasteiger partial charge in [-0.1, -0.05) is 56.3 Å². The normalized spacial score (nSPS) is 28.7. The highest BCUT2D eigenvalue weighted by Gasteiger charge is 2.71. The minimum Gasteiger partial charge on any atom is -0.306 e. The molecule has 0 aromatic heterocycles. The molecule has 6 nitrogen and oxygen atoms in total. The van der Waals surface area contributed by atoms with Gasteiger partial charge in [-0.25, -0.2) is 4.90 Å². The molecule has 32 heavy (non-hydrogen) atoms. The van der Waals surface area contributed by atoms with Crippen LogP contribution in [-0.4, -0.2) is 30.3 Å². The fraction of sp³-hybridized carbons (Fsp3) is 0.346. The van der Waals surface area contributed by atoms with Crippen LogP contribution in [0.4, 0.5) is 11.4 Å². The van der Waals surface area contributed by atoms with Crippen LogP contribution in [0.25, 0.3) is 0 Å². The van der Waals surface area contributed by atoms with Crippen molar-refractivity contribution in [2.24, 2.45) is 17.8 Å². The van der Waals surface area contributed by atoms with Crippen LogP contribution in [0.5, 0.6) is 0 Å². The second kappa shape index (κ2) is 7.41. The van der Waals surface area contributed by atoms with Gasteiger partial charge in [0.05, 0.1) is 17.5 Å². The molecule has 6 heteroatoms. The van der Waals surface area contributed by atoms with E-state index in [1.54, 1.807) is 23.1 Å². The number of imide groups is 1. The minimum atomic E-state index is -1.25. The van der Waals surface area contributed by atoms with Crippen molar-refractivity contribution in [2.45, 2.75) is 31.8 Å². The standard InChI is InChI=1S/C26H27N3O3/c1-4-14-28-20-13-9-8-12-18(20)26(25(28)32)22-21(19(27-26)15-16(2)3)23(30)29(24(22)31)17-10-6-5-7-11-17/h4-13,16,19,21-22,27H,1,14-15H2,2-3H3/t19-,21-,22+,26+/m1/s1. The lowest BCUT2D eigenvalue weighted by molar-refractivity contribution is -0.132. The molecule has 1 N–H and O–H groups in total. The molecule has 2 saturated heterocycles. The van der Waals surface area contributed by atoms with Crippen molar-refractivity contribution in [1.82, 2.24) is 5.32 Å². The molecule has 1 spiro atoms. The molecule has 3 aliphatic heterocycles. The predicted octanol–water partition coefficient (Wildman–Crippen LogP) is 3.24. The number of hydrogen-bond acceptors (Lipinski definition) is 4. The van der Waals surface area contributed by atoms with E-state index in [2.05, 4.69) is 25.7 Å². The molecule has 5 rings (SSSR count). The monoisotopic (exact) mass is 429 g/mol. The Morgan fingerprint density at radius 3 is 2.41 bits per heavy atom. The topological polar surface area (TPSA) is 69.7 Å². The Bertz CT molecular complexity index is 1110. The van der Waals surface area contributed by atoms with E-state index in [0.29, 0.717) is 24.6 Å². The summed E-state index contributed by atoms with van der Waals surface area (Å²) in [5, 5.41) is 3.53. The predicted molar refractivity (Wildman–Crippen MR) is 123 cm³/mol. The summed E-state index contributed by atoms with van der Waals surface area (Å²) in [4.78, 5) is 44.5. The smallest absolute Gasteiger partial charge is 0.253 e. The third kappa shape index (κ3) is 2.65. The van der Waals surface area contributed by atoms with Crippen LogP contribution >= 0.6 is 0 Å². The Labute approximate surface area is 187 Å². The van der Waals surface area contributed by atoms with E-state index in [-0.39, 0.29) is 23.8 Å². The average Bonchev–Trinajstić information content (AvgIpc) is 3.33. The van der Waals surface area contributed by atoms with Gasteiger partial charge >= 0.3 is 0 Å². The Hall–Kier alpha value is -3.25. The van der Waals surface area contributed by atoms with Crippen molar-refractivity contribution in [1.29, 1.82) is 0 Å². The molecule has 3 amide bonds. The van der Waals surface area contributed by atoms with E-state index >= 15 is 0 Å². The molecule has 2 aromatic carbocycles. The molecule has 4 atom stereocenters. The number of benzene rings is 2. The molecular weight excluding hydrogens is 402 g/mol. The fourth-order valence-corrected chi connectivity index (χ4v) is 5.80. The first-order chi connectivity index (χ1) is 15.4. The first-order valence-corrected chi connectivity index (χ1v) is 11.1. The fourth-order valence-electron chi connectivity index (χ4n) is 5.80. The first kappa shape index (κ1) is 20.6. The number of hydrogen-bond donors (Lipinski definition) is 1. The zero-order valence-electron chi connectivity index (χ0n) is 18.3. The minimum absolute atomic E-state index is 0.184. The lowest BCUT2D eigenvalue weighted by Crippen LogP contribution is -2.55. The zero-order valence-corrected chi connectivity index (χ0v) is 18.3. The van der Waals surface area contributed by atoms with Gasteiger partial charge in [0, 0.05) is 23.8 Å². The summed E-state index contributed by atoms with van der Waals surface area (Å²) in [6.07, 6.45) is 2.38. The molecule has 3 aliphatic rings. The number of carbonyl (C=O) groups excluding carboxylic acids is 3. The number of fused-ring (bicyclic) bond motifs is 4. The second-order valence-electron chi connectivity index (χ2n) is 9.26. The maximum atomic E-state index is 14.0. The van der Waals surface area contributed by atoms with Gasteiger partial charge in [0.15, 0.2) is 0 Å². The summed E-state index contributed by atoms with van der Waals surface area (Å²) in [5.74, 6) is -1.81. The number of para-hydroxylation sites is 2. The lowest BCUT2D eigenvalue weighted by Gasteiger charge is -2.30. The van der Waals surface area contributed by atoms with Gasteiger partial charge in [-0.2, -0.15) is 0 Å². The van der Waals surface area contributed by atoms with Crippen LogP contribution in [0.1, 0.15) is 25.8 Å². The maximum absolute atomic E-state index is 14.0. The number of rotatable bonds is 5. The second-order valence-corrected chi connectivity index (χ2v) is 9.26. The number of nitrogens with zero attached hydrogens (tertiary/aromatic N) is 2. The molecule has 2 fully saturated rings. The Morgan fingerprint density at radius 2 is 1.72 bits per heavy atom. The van der Waals surface area contributed by atoms with Crippen LogP contribution < -0.4 is 15.1 Å². The Morgan fingerprint density at radius 1 is 1.03 bits per heavy atom. The van der Waals surface area contributed by atoms with Crippen LogP contribution in [0.2, 0.25) is 0 Å². The van der Waals surface area contributed by atoms with Crippen molar-refractivity contribution in [2.75, 3.05) is 16.3 Å². The van der Waals surface area contributed by atoms with E-state index in [0.717, 1.165) is 11.3 Å². The molecule has 164 valence electrons. The zero-order chi connectivity index (χ0) is 22.6. The molecule has 0 aliphatic carbocycles. The van der Waals surface area contributed by atoms with E-state index in [1.165, 1.54) is 4.90 Å². The average molecular weight is 430 g/mol. The Balaban J connectivity index is 1.69. The number of nitrogens with one attached hydrogen (secondary N) is 1. The quantitative estimate of drug-likeness (QED) is 0.585. The maximum Gasteiger partial charge on any atom is 0.253 e. The van der Waals surface area contributed by atoms with Crippen LogP contribution in [0, 0.1) is 17.8 Å². The number of amides is 3. The summed E-state index contributed by atoms with van der Waals surface area (Å²) < 4.78 is 0. The van der Waals surface area contributed by atoms with Gasteiger partial charge < -0.3 is 4.90 Å². The first-order valence-electron chi connectivity index (χ1n) is 11.1. The van der Waals surface area contributed by atoms with Crippen LogP contribution in [0.15, 0.2) is 67.3 Å². The molecule has 0 radical (unpaired) electrons. The molecule has 0 saturated carbocycles. The van der Waals surface area contributed by atoms with E-state index < -0.39 is 17.4 Å². The molecule has 0 bridgehead atoms. The summed E-state index contributed by atoms with van der Waals surface area (Å²) in [6.45, 7) is 8.33. The highest BCUT2D eigenvalue weighted by Crippen LogP contribution is 2.55. The highest BCUT2D eigenvalue weighted by molar-refractivity contribution is 6.26. The van der Waals surface area contributed by atoms with E-state index in [1.807, 2.05) is 42.5 Å². The Kier molecular flexibility index (Phi) is 4.78. The van der Waals surface area contributed by atoms with Crippen molar-refractivity contribution in [3.8, 4) is 0 Å². The van der Waals surface area contributed by atoms with Crippen molar-refractivity contribution in [3.05, 3.63) is 72.8 Å². The third-order valence-corrected chi connectivity index (χ3v) is 6.92. The SMILES string of the molecule is C=CCN1C(=O)[C@]2(N[C@H](CC(C)C)[C@H]3C(=O)N(c4ccccc4)C(=O)[C@H]32)c2ccccc21. The number of carbonyl (C=O) groups is 3. The van der Waals surface area contributed by atoms with Gasteiger partial charge in [0.25, 0.3) is 5.91 Å². The van der Waals surface area contributed by atoms with Crippen molar-refractivity contribution in [3.63, 3.8) is 0 Å². The summed E-state index contributed by atoms with van der Waals surface area (Å²) in [6, 6.07) is 16.3. The van der Waals surface area contributed by atoms with E-state index in [4.69, 9.17) is 0 Å². The van der Waals surface area contributed by atoms with Crippen LogP contribution in [0.3, 0.4) is 0 Å². The van der Waals surface area contributed by atoms with Gasteiger partial charge in [-0.15, -0.1) is 6.58 Å². The molecular formula is C26H27N3O3. The van der Waals surface area contributed by atoms with E-state index in [9.17, 15) is 14.4 Å². The van der Waals surface area contributed by atoms with Crippen molar-refractivity contribution < 1.29 is 14.4 Å². The van der Waals surface area contributed by atoms with Gasteiger partial charge in [-0.05, 0) is 30.5 Å². The molecule has 2 aromatic rings.